The fourth-order valence-corrected chi connectivity index (χ4v) is 2.25. The van der Waals surface area contributed by atoms with E-state index >= 15 is 0 Å². The maximum absolute atomic E-state index is 10.6. The van der Waals surface area contributed by atoms with E-state index in [-0.39, 0.29) is 5.75 Å². The lowest BCUT2D eigenvalue weighted by Crippen LogP contribution is -2.11. The van der Waals surface area contributed by atoms with Gasteiger partial charge in [-0.1, -0.05) is 12.1 Å². The molecule has 1 heterocycles. The normalized spacial score (nSPS) is 14.9. The van der Waals surface area contributed by atoms with Crippen LogP contribution in [0.15, 0.2) is 18.2 Å². The lowest BCUT2D eigenvalue weighted by molar-refractivity contribution is 0.614. The highest BCUT2D eigenvalue weighted by Gasteiger charge is 2.08. The molecule has 0 aromatic heterocycles. The third-order valence-corrected chi connectivity index (χ3v) is 3.05. The second-order valence-corrected chi connectivity index (χ2v) is 4.49. The molecule has 0 saturated heterocycles. The summed E-state index contributed by atoms with van der Waals surface area (Å²) >= 11 is 0. The van der Waals surface area contributed by atoms with E-state index in [9.17, 15) is 8.42 Å². The van der Waals surface area contributed by atoms with Crippen molar-refractivity contribution in [1.29, 1.82) is 0 Å². The molecule has 0 unspecified atom stereocenters. The highest BCUT2D eigenvalue weighted by molar-refractivity contribution is 7.71. The van der Waals surface area contributed by atoms with Gasteiger partial charge in [-0.05, 0) is 30.0 Å². The fraction of sp³-hybridized carbons (Fsp3) is 0.400. The average Bonchev–Trinajstić information content (AvgIpc) is 2.17. The maximum Gasteiger partial charge on any atom is 0.144 e. The van der Waals surface area contributed by atoms with Gasteiger partial charge in [-0.3, -0.25) is 0 Å². The molecule has 0 radical (unpaired) electrons. The van der Waals surface area contributed by atoms with Crippen molar-refractivity contribution < 1.29 is 8.42 Å². The van der Waals surface area contributed by atoms with E-state index in [2.05, 4.69) is 5.32 Å². The first kappa shape index (κ1) is 9.52. The lowest BCUT2D eigenvalue weighted by Gasteiger charge is -2.18. The number of rotatable bonds is 2. The third-order valence-electron chi connectivity index (χ3n) is 2.42. The molecule has 3 nitrogen and oxygen atoms in total. The second kappa shape index (κ2) is 4.00. The van der Waals surface area contributed by atoms with Gasteiger partial charge in [0.1, 0.15) is 10.7 Å². The van der Waals surface area contributed by atoms with E-state index in [4.69, 9.17) is 0 Å². The molecule has 4 heteroatoms. The number of nitrogens with one attached hydrogen (secondary N) is 1. The zero-order chi connectivity index (χ0) is 9.97. The number of hydrogen-bond donors (Lipinski definition) is 2. The highest BCUT2D eigenvalue weighted by Crippen LogP contribution is 2.23. The van der Waals surface area contributed by atoms with Gasteiger partial charge in [0.05, 0.1) is 5.75 Å². The van der Waals surface area contributed by atoms with E-state index in [1.807, 2.05) is 18.2 Å². The topological polar surface area (TPSA) is 46.2 Å². The SMILES string of the molecule is O=[SH](=O)Cc1ccc2c(c1)NCCC2. The van der Waals surface area contributed by atoms with Crippen molar-refractivity contribution in [1.82, 2.24) is 0 Å². The summed E-state index contributed by atoms with van der Waals surface area (Å²) in [5, 5.41) is 3.28. The smallest absolute Gasteiger partial charge is 0.144 e. The summed E-state index contributed by atoms with van der Waals surface area (Å²) in [5.74, 6) is 0.143. The van der Waals surface area contributed by atoms with Gasteiger partial charge < -0.3 is 5.32 Å². The Morgan fingerprint density at radius 1 is 1.36 bits per heavy atom. The molecular weight excluding hydrogens is 198 g/mol. The van der Waals surface area contributed by atoms with Crippen molar-refractivity contribution in [3.63, 3.8) is 0 Å². The van der Waals surface area contributed by atoms with Crippen molar-refractivity contribution in [2.75, 3.05) is 11.9 Å². The van der Waals surface area contributed by atoms with Gasteiger partial charge in [0, 0.05) is 12.2 Å². The number of aryl methyl sites for hydroxylation is 1. The molecule has 0 amide bonds. The molecule has 1 aromatic carbocycles. The number of hydrogen-bond acceptors (Lipinski definition) is 3. The predicted molar refractivity (Wildman–Crippen MR) is 57.3 cm³/mol. The first-order valence-corrected chi connectivity index (χ1v) is 6.09. The molecule has 0 fully saturated rings. The fourth-order valence-electron chi connectivity index (χ4n) is 1.76. The van der Waals surface area contributed by atoms with Gasteiger partial charge in [0.15, 0.2) is 0 Å². The Kier molecular flexibility index (Phi) is 2.72. The molecule has 0 saturated carbocycles. The lowest BCUT2D eigenvalue weighted by atomic mass is 10.0. The van der Waals surface area contributed by atoms with Crippen LogP contribution in [0.1, 0.15) is 17.5 Å². The van der Waals surface area contributed by atoms with Crippen LogP contribution in [0.5, 0.6) is 0 Å². The van der Waals surface area contributed by atoms with E-state index in [0.29, 0.717) is 0 Å². The molecule has 0 spiro atoms. The predicted octanol–water partition coefficient (Wildman–Crippen LogP) is 1.16. The number of fused-ring (bicyclic) bond motifs is 1. The van der Waals surface area contributed by atoms with Gasteiger partial charge in [-0.15, -0.1) is 0 Å². The summed E-state index contributed by atoms with van der Waals surface area (Å²) in [4.78, 5) is 0. The zero-order valence-corrected chi connectivity index (χ0v) is 8.72. The Morgan fingerprint density at radius 3 is 3.00 bits per heavy atom. The van der Waals surface area contributed by atoms with Crippen LogP contribution in [0.25, 0.3) is 0 Å². The molecule has 14 heavy (non-hydrogen) atoms. The molecular formula is C10H13NO2S. The van der Waals surface area contributed by atoms with E-state index < -0.39 is 10.7 Å². The third kappa shape index (κ3) is 2.07. The van der Waals surface area contributed by atoms with Gasteiger partial charge in [0.2, 0.25) is 0 Å². The first-order chi connectivity index (χ1) is 6.75. The zero-order valence-electron chi connectivity index (χ0n) is 7.82. The molecule has 0 bridgehead atoms. The molecule has 1 aliphatic heterocycles. The number of thiol groups is 1. The second-order valence-electron chi connectivity index (χ2n) is 3.51. The van der Waals surface area contributed by atoms with Crippen LogP contribution in [0.3, 0.4) is 0 Å². The number of benzene rings is 1. The molecule has 0 aliphatic carbocycles. The largest absolute Gasteiger partial charge is 0.385 e. The minimum absolute atomic E-state index is 0.143. The molecule has 1 N–H and O–H groups in total. The Hall–Kier alpha value is -1.03. The standard InChI is InChI=1S/C10H13NO2S/c12-14(13)7-8-3-4-9-2-1-5-11-10(9)6-8/h3-4,6,11,14H,1-2,5,7H2. The van der Waals surface area contributed by atoms with Gasteiger partial charge >= 0.3 is 0 Å². The molecule has 0 atom stereocenters. The summed E-state index contributed by atoms with van der Waals surface area (Å²) in [6.45, 7) is 0.986. The van der Waals surface area contributed by atoms with Gasteiger partial charge in [0.25, 0.3) is 0 Å². The Bertz CT molecular complexity index is 405. The van der Waals surface area contributed by atoms with Gasteiger partial charge in [-0.25, -0.2) is 8.42 Å². The van der Waals surface area contributed by atoms with Crippen LogP contribution in [-0.4, -0.2) is 15.0 Å². The van der Waals surface area contributed by atoms with Crippen molar-refractivity contribution >= 4 is 16.4 Å². The molecule has 2 rings (SSSR count). The molecule has 1 aliphatic rings. The van der Waals surface area contributed by atoms with E-state index in [0.717, 1.165) is 30.6 Å². The van der Waals surface area contributed by atoms with Crippen LogP contribution in [0.4, 0.5) is 5.69 Å². The highest BCUT2D eigenvalue weighted by atomic mass is 32.2. The van der Waals surface area contributed by atoms with Crippen LogP contribution in [-0.2, 0) is 22.9 Å². The van der Waals surface area contributed by atoms with Crippen LogP contribution >= 0.6 is 0 Å². The van der Waals surface area contributed by atoms with E-state index in [1.54, 1.807) is 0 Å². The van der Waals surface area contributed by atoms with Crippen molar-refractivity contribution in [2.45, 2.75) is 18.6 Å². The van der Waals surface area contributed by atoms with Crippen molar-refractivity contribution in [3.8, 4) is 0 Å². The summed E-state index contributed by atoms with van der Waals surface area (Å²) in [6.07, 6.45) is 2.24. The molecule has 1 aromatic rings. The summed E-state index contributed by atoms with van der Waals surface area (Å²) in [5.41, 5.74) is 3.26. The quantitative estimate of drug-likeness (QED) is 0.721. The maximum atomic E-state index is 10.6. The summed E-state index contributed by atoms with van der Waals surface area (Å²) in [6, 6.07) is 5.87. The van der Waals surface area contributed by atoms with Crippen molar-refractivity contribution in [3.05, 3.63) is 29.3 Å². The average molecular weight is 211 g/mol. The van der Waals surface area contributed by atoms with Crippen LogP contribution < -0.4 is 5.32 Å². The van der Waals surface area contributed by atoms with Crippen molar-refractivity contribution in [2.24, 2.45) is 0 Å². The minimum Gasteiger partial charge on any atom is -0.385 e. The summed E-state index contributed by atoms with van der Waals surface area (Å²) in [7, 11) is -2.32. The van der Waals surface area contributed by atoms with Crippen LogP contribution in [0, 0.1) is 0 Å². The first-order valence-electron chi connectivity index (χ1n) is 4.73. The minimum atomic E-state index is -2.32. The Labute approximate surface area is 85.1 Å². The Morgan fingerprint density at radius 2 is 2.21 bits per heavy atom. The summed E-state index contributed by atoms with van der Waals surface area (Å²) < 4.78 is 21.1. The van der Waals surface area contributed by atoms with Gasteiger partial charge in [-0.2, -0.15) is 0 Å². The van der Waals surface area contributed by atoms with Crippen LogP contribution in [0.2, 0.25) is 0 Å². The van der Waals surface area contributed by atoms with E-state index in [1.165, 1.54) is 5.56 Å². The number of anilines is 1. The molecule has 76 valence electrons. The monoisotopic (exact) mass is 211 g/mol. The Balaban J connectivity index is 2.28.